The van der Waals surface area contributed by atoms with E-state index in [1.165, 1.54) is 37.1 Å². The predicted molar refractivity (Wildman–Crippen MR) is 130 cm³/mol. The van der Waals surface area contributed by atoms with Crippen molar-refractivity contribution in [2.24, 2.45) is 5.73 Å². The zero-order valence-electron chi connectivity index (χ0n) is 19.5. The monoisotopic (exact) mass is 454 g/mol. The molecular formula is C26H35FN4O2. The van der Waals surface area contributed by atoms with Gasteiger partial charge in [0.05, 0.1) is 7.11 Å². The first-order valence-electron chi connectivity index (χ1n) is 12.0. The second kappa shape index (κ2) is 11.6. The van der Waals surface area contributed by atoms with E-state index in [1.54, 1.807) is 19.4 Å². The van der Waals surface area contributed by atoms with Crippen LogP contribution in [0.15, 0.2) is 36.5 Å². The van der Waals surface area contributed by atoms with Gasteiger partial charge in [-0.2, -0.15) is 0 Å². The van der Waals surface area contributed by atoms with Crippen LogP contribution in [0.25, 0.3) is 22.2 Å². The van der Waals surface area contributed by atoms with Crippen LogP contribution in [0.2, 0.25) is 0 Å². The molecule has 2 fully saturated rings. The summed E-state index contributed by atoms with van der Waals surface area (Å²) >= 11 is 0. The Hall–Kier alpha value is -2.48. The van der Waals surface area contributed by atoms with Crippen LogP contribution < -0.4 is 10.5 Å². The Morgan fingerprint density at radius 3 is 2.76 bits per heavy atom. The molecule has 0 aliphatic carbocycles. The quantitative estimate of drug-likeness (QED) is 0.565. The van der Waals surface area contributed by atoms with Crippen molar-refractivity contribution >= 4 is 11.0 Å². The highest BCUT2D eigenvalue weighted by Crippen LogP contribution is 2.37. The Morgan fingerprint density at radius 1 is 1.18 bits per heavy atom. The molecular weight excluding hydrogens is 419 g/mol. The molecule has 1 aromatic carbocycles. The molecule has 7 heteroatoms. The third kappa shape index (κ3) is 5.91. The molecule has 4 heterocycles. The fourth-order valence-electron chi connectivity index (χ4n) is 4.73. The average Bonchev–Trinajstić information content (AvgIpc) is 3.56. The number of benzene rings is 1. The van der Waals surface area contributed by atoms with E-state index in [4.69, 9.17) is 15.2 Å². The zero-order valence-corrected chi connectivity index (χ0v) is 19.5. The van der Waals surface area contributed by atoms with Gasteiger partial charge < -0.3 is 25.1 Å². The summed E-state index contributed by atoms with van der Waals surface area (Å²) in [6, 6.07) is 8.71. The summed E-state index contributed by atoms with van der Waals surface area (Å²) in [5.74, 6) is 0.824. The maximum atomic E-state index is 13.9. The van der Waals surface area contributed by atoms with Gasteiger partial charge in [-0.3, -0.25) is 0 Å². The van der Waals surface area contributed by atoms with Gasteiger partial charge >= 0.3 is 0 Å². The fourth-order valence-corrected chi connectivity index (χ4v) is 4.73. The van der Waals surface area contributed by atoms with Gasteiger partial charge in [-0.05, 0) is 87.6 Å². The molecule has 3 aromatic rings. The number of aromatic nitrogens is 2. The van der Waals surface area contributed by atoms with Crippen molar-refractivity contribution in [3.05, 3.63) is 48.0 Å². The van der Waals surface area contributed by atoms with E-state index < -0.39 is 0 Å². The molecule has 6 nitrogen and oxygen atoms in total. The number of pyridine rings is 1. The molecule has 2 aromatic heterocycles. The van der Waals surface area contributed by atoms with Crippen LogP contribution in [0.4, 0.5) is 4.39 Å². The molecule has 33 heavy (non-hydrogen) atoms. The van der Waals surface area contributed by atoms with Crippen molar-refractivity contribution in [2.45, 2.75) is 38.0 Å². The molecule has 2 aliphatic rings. The Balaban J connectivity index is 0.000000459. The lowest BCUT2D eigenvalue weighted by Crippen LogP contribution is -2.35. The van der Waals surface area contributed by atoms with Crippen LogP contribution in [0.1, 0.15) is 43.7 Å². The summed E-state index contributed by atoms with van der Waals surface area (Å²) in [6.45, 7) is 5.96. The predicted octanol–water partition coefficient (Wildman–Crippen LogP) is 4.70. The first-order chi connectivity index (χ1) is 16.2. The third-order valence-corrected chi connectivity index (χ3v) is 6.46. The van der Waals surface area contributed by atoms with E-state index in [0.29, 0.717) is 11.7 Å². The van der Waals surface area contributed by atoms with E-state index in [0.717, 1.165) is 74.4 Å². The number of hydrogen-bond acceptors (Lipinski definition) is 5. The third-order valence-electron chi connectivity index (χ3n) is 6.46. The number of piperidine rings is 1. The lowest BCUT2D eigenvalue weighted by atomic mass is 9.94. The van der Waals surface area contributed by atoms with Gasteiger partial charge in [0.15, 0.2) is 0 Å². The van der Waals surface area contributed by atoms with Crippen LogP contribution in [0.5, 0.6) is 5.75 Å². The SMILES string of the molecule is C1CCOC1.COc1ccc(F)cc1-c1ccnc2[nH]c(C3CCCN(CCCN)C3)cc12. The highest BCUT2D eigenvalue weighted by Gasteiger charge is 2.23. The van der Waals surface area contributed by atoms with Crippen LogP contribution in [-0.2, 0) is 4.74 Å². The second-order valence-electron chi connectivity index (χ2n) is 8.79. The van der Waals surface area contributed by atoms with Crippen molar-refractivity contribution in [1.82, 2.24) is 14.9 Å². The minimum Gasteiger partial charge on any atom is -0.496 e. The maximum absolute atomic E-state index is 13.9. The van der Waals surface area contributed by atoms with E-state index in [9.17, 15) is 4.39 Å². The highest BCUT2D eigenvalue weighted by atomic mass is 19.1. The first-order valence-corrected chi connectivity index (χ1v) is 12.0. The summed E-state index contributed by atoms with van der Waals surface area (Å²) in [5.41, 5.74) is 9.37. The topological polar surface area (TPSA) is 76.4 Å². The fraction of sp³-hybridized carbons (Fsp3) is 0.500. The molecule has 2 aliphatic heterocycles. The summed E-state index contributed by atoms with van der Waals surface area (Å²) < 4.78 is 24.3. The second-order valence-corrected chi connectivity index (χ2v) is 8.79. The number of H-pyrrole nitrogens is 1. The van der Waals surface area contributed by atoms with E-state index in [-0.39, 0.29) is 5.82 Å². The number of nitrogens with zero attached hydrogens (tertiary/aromatic N) is 2. The van der Waals surface area contributed by atoms with Crippen LogP contribution in [-0.4, -0.2) is 61.4 Å². The number of nitrogens with one attached hydrogen (secondary N) is 1. The molecule has 0 spiro atoms. The minimum atomic E-state index is -0.278. The number of ether oxygens (including phenoxy) is 2. The highest BCUT2D eigenvalue weighted by molar-refractivity contribution is 5.95. The summed E-state index contributed by atoms with van der Waals surface area (Å²) in [5, 5.41) is 1.00. The molecule has 178 valence electrons. The summed E-state index contributed by atoms with van der Waals surface area (Å²) in [4.78, 5) is 10.5. The van der Waals surface area contributed by atoms with Crippen LogP contribution >= 0.6 is 0 Å². The molecule has 0 saturated carbocycles. The van der Waals surface area contributed by atoms with Crippen molar-refractivity contribution in [2.75, 3.05) is 46.5 Å². The van der Waals surface area contributed by atoms with Gasteiger partial charge in [0, 0.05) is 48.5 Å². The number of methoxy groups -OCH3 is 1. The molecule has 0 amide bonds. The minimum absolute atomic E-state index is 0.278. The number of fused-ring (bicyclic) bond motifs is 1. The maximum Gasteiger partial charge on any atom is 0.138 e. The Labute approximate surface area is 195 Å². The molecule has 0 bridgehead atoms. The molecule has 1 unspecified atom stereocenters. The van der Waals surface area contributed by atoms with Gasteiger partial charge in [0.2, 0.25) is 0 Å². The van der Waals surface area contributed by atoms with Crippen LogP contribution in [0, 0.1) is 5.82 Å². The largest absolute Gasteiger partial charge is 0.496 e. The zero-order chi connectivity index (χ0) is 23.0. The number of nitrogens with two attached hydrogens (primary N) is 1. The standard InChI is InChI=1S/C22H27FN4O.C4H8O/c1-28-21-6-5-16(23)12-18(21)17-7-9-25-22-19(17)13-20(26-22)15-4-2-10-27(14-15)11-3-8-24;1-2-4-5-3-1/h5-7,9,12-13,15H,2-4,8,10-11,14,24H2,1H3,(H,25,26);1-4H2. The van der Waals surface area contributed by atoms with Crippen molar-refractivity contribution in [1.29, 1.82) is 0 Å². The van der Waals surface area contributed by atoms with Gasteiger partial charge in [-0.25, -0.2) is 9.37 Å². The lowest BCUT2D eigenvalue weighted by Gasteiger charge is -2.32. The van der Waals surface area contributed by atoms with Gasteiger partial charge in [-0.1, -0.05) is 0 Å². The Morgan fingerprint density at radius 2 is 2.03 bits per heavy atom. The molecule has 1 atom stereocenters. The summed E-state index contributed by atoms with van der Waals surface area (Å²) in [7, 11) is 1.61. The first kappa shape index (κ1) is 23.7. The van der Waals surface area contributed by atoms with E-state index >= 15 is 0 Å². The lowest BCUT2D eigenvalue weighted by molar-refractivity contribution is 0.198. The molecule has 2 saturated heterocycles. The smallest absolute Gasteiger partial charge is 0.138 e. The number of hydrogen-bond donors (Lipinski definition) is 2. The van der Waals surface area contributed by atoms with Crippen molar-refractivity contribution < 1.29 is 13.9 Å². The number of rotatable bonds is 6. The number of likely N-dealkylation sites (tertiary alicyclic amines) is 1. The van der Waals surface area contributed by atoms with Crippen molar-refractivity contribution in [3.8, 4) is 16.9 Å². The van der Waals surface area contributed by atoms with E-state index in [2.05, 4.69) is 20.9 Å². The number of halogens is 1. The average molecular weight is 455 g/mol. The normalized spacial score (nSPS) is 18.8. The Bertz CT molecular complexity index is 1030. The number of aromatic amines is 1. The van der Waals surface area contributed by atoms with Crippen LogP contribution in [0.3, 0.4) is 0 Å². The Kier molecular flexibility index (Phi) is 8.31. The molecule has 0 radical (unpaired) electrons. The van der Waals surface area contributed by atoms with E-state index in [1.807, 2.05) is 6.07 Å². The molecule has 5 rings (SSSR count). The van der Waals surface area contributed by atoms with Gasteiger partial charge in [0.1, 0.15) is 17.2 Å². The van der Waals surface area contributed by atoms with Crippen molar-refractivity contribution in [3.63, 3.8) is 0 Å². The molecule has 3 N–H and O–H groups in total. The van der Waals surface area contributed by atoms with Gasteiger partial charge in [0.25, 0.3) is 0 Å². The van der Waals surface area contributed by atoms with Gasteiger partial charge in [-0.15, -0.1) is 0 Å². The summed E-state index contributed by atoms with van der Waals surface area (Å²) in [6.07, 6.45) is 7.69.